The van der Waals surface area contributed by atoms with Crippen LogP contribution in [0.15, 0.2) is 84.9 Å². The van der Waals surface area contributed by atoms with Crippen molar-refractivity contribution in [3.8, 4) is 28.2 Å². The molecule has 1 aromatic heterocycles. The Balaban J connectivity index is 1.80. The lowest BCUT2D eigenvalue weighted by molar-refractivity contribution is -0.137. The van der Waals surface area contributed by atoms with E-state index in [1.54, 1.807) is 83.2 Å². The number of rotatable bonds is 7. The number of hydrogen-bond donors (Lipinski definition) is 0. The third-order valence-corrected chi connectivity index (χ3v) is 6.38. The minimum absolute atomic E-state index is 0.0171. The van der Waals surface area contributed by atoms with Crippen molar-refractivity contribution in [3.63, 3.8) is 0 Å². The minimum Gasteiger partial charge on any atom is -0.340 e. The maximum atomic E-state index is 14.0. The summed E-state index contributed by atoms with van der Waals surface area (Å²) in [5.41, 5.74) is 2.36. The molecule has 0 atom stereocenters. The van der Waals surface area contributed by atoms with Crippen LogP contribution in [0.5, 0.6) is 0 Å². The summed E-state index contributed by atoms with van der Waals surface area (Å²) in [5.74, 6) is -0.118. The van der Waals surface area contributed by atoms with Gasteiger partial charge in [0.15, 0.2) is 0 Å². The van der Waals surface area contributed by atoms with Gasteiger partial charge < -0.3 is 14.4 Å². The third kappa shape index (κ3) is 5.89. The zero-order chi connectivity index (χ0) is 26.7. The van der Waals surface area contributed by atoms with Gasteiger partial charge in [0.05, 0.1) is 22.6 Å². The minimum atomic E-state index is -4.54. The molecule has 3 aromatic carbocycles. The molecule has 0 saturated carbocycles. The molecule has 8 heteroatoms. The number of hydrogen-bond acceptors (Lipinski definition) is 2. The lowest BCUT2D eigenvalue weighted by atomic mass is 10.1. The molecule has 0 radical (unpaired) electrons. The van der Waals surface area contributed by atoms with Gasteiger partial charge in [-0.05, 0) is 73.8 Å². The van der Waals surface area contributed by atoms with E-state index >= 15 is 0 Å². The SMILES string of the molecule is CN(C)CCN(C)C(=O)c1ccc(-c2ccc(-c3ccc(Cl)cc3)n2-c2ccccc2C(F)(F)F)cc1. The molecule has 0 N–H and O–H groups in total. The molecule has 4 nitrogen and oxygen atoms in total. The highest BCUT2D eigenvalue weighted by Gasteiger charge is 2.34. The van der Waals surface area contributed by atoms with Crippen molar-refractivity contribution in [2.75, 3.05) is 34.2 Å². The van der Waals surface area contributed by atoms with Crippen LogP contribution in [0.25, 0.3) is 28.2 Å². The predicted octanol–water partition coefficient (Wildman–Crippen LogP) is 7.12. The molecule has 0 aliphatic carbocycles. The summed E-state index contributed by atoms with van der Waals surface area (Å²) in [7, 11) is 5.63. The number of alkyl halides is 3. The molecule has 192 valence electrons. The van der Waals surface area contributed by atoms with Crippen molar-refractivity contribution in [1.82, 2.24) is 14.4 Å². The van der Waals surface area contributed by atoms with E-state index in [1.165, 1.54) is 12.1 Å². The lowest BCUT2D eigenvalue weighted by Gasteiger charge is -2.20. The zero-order valence-corrected chi connectivity index (χ0v) is 21.5. The van der Waals surface area contributed by atoms with Crippen molar-refractivity contribution in [1.29, 1.82) is 0 Å². The van der Waals surface area contributed by atoms with E-state index in [0.29, 0.717) is 34.1 Å². The second-order valence-corrected chi connectivity index (χ2v) is 9.50. The molecule has 1 heterocycles. The van der Waals surface area contributed by atoms with Gasteiger partial charge >= 0.3 is 6.18 Å². The van der Waals surface area contributed by atoms with Crippen LogP contribution in [-0.2, 0) is 6.18 Å². The van der Waals surface area contributed by atoms with Gasteiger partial charge in [-0.1, -0.05) is 48.0 Å². The van der Waals surface area contributed by atoms with E-state index < -0.39 is 11.7 Å². The first-order valence-electron chi connectivity index (χ1n) is 11.7. The number of halogens is 4. The average molecular weight is 526 g/mol. The Kier molecular flexibility index (Phi) is 7.76. The van der Waals surface area contributed by atoms with Gasteiger partial charge in [0.25, 0.3) is 5.91 Å². The molecular formula is C29H27ClF3N3O. The fourth-order valence-corrected chi connectivity index (χ4v) is 4.26. The number of carbonyl (C=O) groups excluding carboxylic acids is 1. The number of carbonyl (C=O) groups is 1. The summed E-state index contributed by atoms with van der Waals surface area (Å²) < 4.78 is 43.7. The molecule has 37 heavy (non-hydrogen) atoms. The second-order valence-electron chi connectivity index (χ2n) is 9.07. The van der Waals surface area contributed by atoms with E-state index in [0.717, 1.165) is 18.2 Å². The maximum Gasteiger partial charge on any atom is 0.418 e. The van der Waals surface area contributed by atoms with E-state index in [9.17, 15) is 18.0 Å². The number of nitrogens with zero attached hydrogens (tertiary/aromatic N) is 3. The standard InChI is InChI=1S/C29H27ClF3N3O/c1-34(2)18-19-35(3)28(37)22-10-8-20(9-11-22)25-16-17-26(21-12-14-23(30)15-13-21)36(25)27-7-5-4-6-24(27)29(31,32)33/h4-17H,18-19H2,1-3H3. The molecule has 0 bridgehead atoms. The van der Waals surface area contributed by atoms with Crippen LogP contribution in [0.3, 0.4) is 0 Å². The summed E-state index contributed by atoms with van der Waals surface area (Å²) in [5, 5.41) is 0.536. The van der Waals surface area contributed by atoms with Crippen molar-refractivity contribution < 1.29 is 18.0 Å². The Hall–Kier alpha value is -3.55. The number of benzene rings is 3. The van der Waals surface area contributed by atoms with Crippen LogP contribution in [0.2, 0.25) is 5.02 Å². The summed E-state index contributed by atoms with van der Waals surface area (Å²) >= 11 is 6.05. The van der Waals surface area contributed by atoms with Crippen LogP contribution >= 0.6 is 11.6 Å². The molecule has 0 aliphatic rings. The van der Waals surface area contributed by atoms with Gasteiger partial charge in [0, 0.05) is 30.7 Å². The van der Waals surface area contributed by atoms with Crippen LogP contribution in [0, 0.1) is 0 Å². The van der Waals surface area contributed by atoms with Gasteiger partial charge in [0.1, 0.15) is 0 Å². The molecule has 0 saturated heterocycles. The van der Waals surface area contributed by atoms with E-state index in [1.807, 2.05) is 19.0 Å². The maximum absolute atomic E-state index is 14.0. The van der Waals surface area contributed by atoms with Gasteiger partial charge in [-0.25, -0.2) is 0 Å². The number of likely N-dealkylation sites (N-methyl/N-ethyl adjacent to an activating group) is 2. The normalized spacial score (nSPS) is 11.7. The molecule has 1 amide bonds. The largest absolute Gasteiger partial charge is 0.418 e. The van der Waals surface area contributed by atoms with Crippen molar-refractivity contribution in [2.45, 2.75) is 6.18 Å². The van der Waals surface area contributed by atoms with E-state index in [2.05, 4.69) is 0 Å². The van der Waals surface area contributed by atoms with Gasteiger partial charge in [-0.3, -0.25) is 4.79 Å². The van der Waals surface area contributed by atoms with E-state index in [-0.39, 0.29) is 11.6 Å². The Bertz CT molecular complexity index is 1380. The van der Waals surface area contributed by atoms with Crippen molar-refractivity contribution in [3.05, 3.63) is 101 Å². The number of amides is 1. The zero-order valence-electron chi connectivity index (χ0n) is 20.8. The van der Waals surface area contributed by atoms with Crippen molar-refractivity contribution in [2.24, 2.45) is 0 Å². The highest BCUT2D eigenvalue weighted by molar-refractivity contribution is 6.30. The van der Waals surface area contributed by atoms with Crippen LogP contribution in [0.4, 0.5) is 13.2 Å². The third-order valence-electron chi connectivity index (χ3n) is 6.13. The topological polar surface area (TPSA) is 28.5 Å². The fraction of sp³-hybridized carbons (Fsp3) is 0.207. The number of aromatic nitrogens is 1. The highest BCUT2D eigenvalue weighted by atomic mass is 35.5. The molecule has 0 spiro atoms. The molecule has 4 aromatic rings. The smallest absolute Gasteiger partial charge is 0.340 e. The summed E-state index contributed by atoms with van der Waals surface area (Å²) in [4.78, 5) is 16.5. The van der Waals surface area contributed by atoms with Crippen LogP contribution < -0.4 is 0 Å². The molecule has 0 fully saturated rings. The first kappa shape index (κ1) is 26.5. The molecule has 4 rings (SSSR count). The predicted molar refractivity (Wildman–Crippen MR) is 142 cm³/mol. The van der Waals surface area contributed by atoms with Crippen LogP contribution in [-0.4, -0.2) is 54.5 Å². The molecule has 0 unspecified atom stereocenters. The van der Waals surface area contributed by atoms with Gasteiger partial charge in [-0.15, -0.1) is 0 Å². The average Bonchev–Trinajstić information content (AvgIpc) is 3.32. The van der Waals surface area contributed by atoms with Gasteiger partial charge in [-0.2, -0.15) is 13.2 Å². The molecule has 0 aliphatic heterocycles. The summed E-state index contributed by atoms with van der Waals surface area (Å²) in [6.07, 6.45) is -4.54. The fourth-order valence-electron chi connectivity index (χ4n) is 4.13. The van der Waals surface area contributed by atoms with E-state index in [4.69, 9.17) is 11.6 Å². The first-order valence-corrected chi connectivity index (χ1v) is 12.1. The Labute approximate surface area is 219 Å². The quantitative estimate of drug-likeness (QED) is 0.257. The Morgan fingerprint density at radius 3 is 1.86 bits per heavy atom. The highest BCUT2D eigenvalue weighted by Crippen LogP contribution is 2.39. The monoisotopic (exact) mass is 525 g/mol. The van der Waals surface area contributed by atoms with Gasteiger partial charge in [0.2, 0.25) is 0 Å². The van der Waals surface area contributed by atoms with Crippen LogP contribution in [0.1, 0.15) is 15.9 Å². The first-order chi connectivity index (χ1) is 17.6. The Morgan fingerprint density at radius 1 is 0.784 bits per heavy atom. The van der Waals surface area contributed by atoms with Crippen molar-refractivity contribution >= 4 is 17.5 Å². The number of para-hydroxylation sites is 1. The summed E-state index contributed by atoms with van der Waals surface area (Å²) in [6, 6.07) is 23.0. The molecular weight excluding hydrogens is 499 g/mol. The Morgan fingerprint density at radius 2 is 1.32 bits per heavy atom. The second kappa shape index (κ2) is 10.8. The summed E-state index contributed by atoms with van der Waals surface area (Å²) in [6.45, 7) is 1.31. The lowest BCUT2D eigenvalue weighted by Crippen LogP contribution is -2.33.